The third kappa shape index (κ3) is 2.16. The maximum atomic E-state index is 9.81. The van der Waals surface area contributed by atoms with Crippen molar-refractivity contribution in [1.29, 1.82) is 0 Å². The van der Waals surface area contributed by atoms with Gasteiger partial charge in [0.2, 0.25) is 0 Å². The topological polar surface area (TPSA) is 20.2 Å². The molecule has 3 saturated carbocycles. The summed E-state index contributed by atoms with van der Waals surface area (Å²) in [5.74, 6) is 2.88. The fraction of sp³-hybridized carbons (Fsp3) is 1.00. The number of rotatable bonds is 5. The smallest absolute Gasteiger partial charge is 0.0540 e. The van der Waals surface area contributed by atoms with Crippen molar-refractivity contribution in [2.24, 2.45) is 23.2 Å². The zero-order valence-corrected chi connectivity index (χ0v) is 11.2. The summed E-state index contributed by atoms with van der Waals surface area (Å²) >= 11 is 0. The minimum atomic E-state index is -0.0362. The average Bonchev–Trinajstić information content (AvgIpc) is 2.27. The number of hydrogen-bond acceptors (Lipinski definition) is 1. The second-order valence-electron chi connectivity index (χ2n) is 6.72. The molecule has 1 heteroatoms. The van der Waals surface area contributed by atoms with Gasteiger partial charge in [-0.15, -0.1) is 0 Å². The highest BCUT2D eigenvalue weighted by molar-refractivity contribution is 5.03. The minimum absolute atomic E-state index is 0.0362. The van der Waals surface area contributed by atoms with Crippen molar-refractivity contribution in [3.63, 3.8) is 0 Å². The SMILES string of the molecule is CCC[C@@H](O)CC[C@@H]1CC[C@H]2C[C@H]1C2(C)C. The van der Waals surface area contributed by atoms with Crippen LogP contribution in [0, 0.1) is 23.2 Å². The van der Waals surface area contributed by atoms with Gasteiger partial charge in [0.15, 0.2) is 0 Å². The van der Waals surface area contributed by atoms with E-state index >= 15 is 0 Å². The van der Waals surface area contributed by atoms with Crippen LogP contribution < -0.4 is 0 Å². The molecular weight excluding hydrogens is 196 g/mol. The lowest BCUT2D eigenvalue weighted by Crippen LogP contribution is -2.52. The van der Waals surface area contributed by atoms with Crippen molar-refractivity contribution in [3.8, 4) is 0 Å². The van der Waals surface area contributed by atoms with Crippen LogP contribution in [0.2, 0.25) is 0 Å². The molecule has 4 atom stereocenters. The predicted octanol–water partition coefficient (Wildman–Crippen LogP) is 4.00. The molecule has 3 rings (SSSR count). The van der Waals surface area contributed by atoms with E-state index in [1.807, 2.05) is 0 Å². The maximum Gasteiger partial charge on any atom is 0.0540 e. The Kier molecular flexibility index (Phi) is 3.63. The summed E-state index contributed by atoms with van der Waals surface area (Å²) in [5, 5.41) is 9.81. The van der Waals surface area contributed by atoms with Gasteiger partial charge >= 0.3 is 0 Å². The van der Waals surface area contributed by atoms with Crippen LogP contribution in [-0.4, -0.2) is 11.2 Å². The summed E-state index contributed by atoms with van der Waals surface area (Å²) in [7, 11) is 0. The molecule has 0 heterocycles. The summed E-state index contributed by atoms with van der Waals surface area (Å²) in [6.45, 7) is 7.07. The van der Waals surface area contributed by atoms with E-state index in [0.29, 0.717) is 5.41 Å². The number of fused-ring (bicyclic) bond motifs is 2. The molecule has 0 spiro atoms. The standard InChI is InChI=1S/C15H28O/c1-4-5-13(16)9-7-11-6-8-12-10-14(11)15(12,2)3/h11-14,16H,4-10H2,1-3H3/t11-,12-,13+,14+/m0/s1. The largest absolute Gasteiger partial charge is 0.393 e. The molecule has 1 nitrogen and oxygen atoms in total. The zero-order valence-electron chi connectivity index (χ0n) is 11.2. The first-order chi connectivity index (χ1) is 7.55. The Morgan fingerprint density at radius 2 is 2.00 bits per heavy atom. The van der Waals surface area contributed by atoms with Gasteiger partial charge in [-0.3, -0.25) is 0 Å². The molecule has 3 fully saturated rings. The molecule has 3 aliphatic carbocycles. The Morgan fingerprint density at radius 3 is 2.56 bits per heavy atom. The van der Waals surface area contributed by atoms with Crippen molar-refractivity contribution in [2.75, 3.05) is 0 Å². The van der Waals surface area contributed by atoms with Crippen molar-refractivity contribution < 1.29 is 5.11 Å². The summed E-state index contributed by atoms with van der Waals surface area (Å²) in [5.41, 5.74) is 0.610. The fourth-order valence-electron chi connectivity index (χ4n) is 4.19. The molecule has 0 aromatic rings. The van der Waals surface area contributed by atoms with Crippen LogP contribution in [0.5, 0.6) is 0 Å². The van der Waals surface area contributed by atoms with Gasteiger partial charge in [0, 0.05) is 0 Å². The first kappa shape index (κ1) is 12.4. The molecule has 0 aromatic heterocycles. The number of aliphatic hydroxyl groups is 1. The molecule has 2 bridgehead atoms. The molecule has 0 amide bonds. The monoisotopic (exact) mass is 224 g/mol. The molecule has 0 saturated heterocycles. The minimum Gasteiger partial charge on any atom is -0.393 e. The van der Waals surface area contributed by atoms with Crippen molar-refractivity contribution >= 4 is 0 Å². The lowest BCUT2D eigenvalue weighted by Gasteiger charge is -2.60. The maximum absolute atomic E-state index is 9.81. The zero-order chi connectivity index (χ0) is 11.8. The predicted molar refractivity (Wildman–Crippen MR) is 68.3 cm³/mol. The highest BCUT2D eigenvalue weighted by Crippen LogP contribution is 2.62. The summed E-state index contributed by atoms with van der Waals surface area (Å²) in [4.78, 5) is 0. The molecule has 0 aliphatic heterocycles. The van der Waals surface area contributed by atoms with Crippen LogP contribution in [0.25, 0.3) is 0 Å². The molecule has 94 valence electrons. The molecule has 1 N–H and O–H groups in total. The highest BCUT2D eigenvalue weighted by Gasteiger charge is 2.53. The Bertz CT molecular complexity index is 232. The second-order valence-corrected chi connectivity index (χ2v) is 6.72. The van der Waals surface area contributed by atoms with E-state index in [4.69, 9.17) is 0 Å². The first-order valence-electron chi connectivity index (χ1n) is 7.23. The van der Waals surface area contributed by atoms with E-state index in [-0.39, 0.29) is 6.10 Å². The van der Waals surface area contributed by atoms with Gasteiger partial charge in [0.1, 0.15) is 0 Å². The van der Waals surface area contributed by atoms with Crippen molar-refractivity contribution in [2.45, 2.75) is 71.8 Å². The third-order valence-electron chi connectivity index (χ3n) is 5.49. The lowest BCUT2D eigenvalue weighted by atomic mass is 9.45. The Morgan fingerprint density at radius 1 is 1.25 bits per heavy atom. The average molecular weight is 224 g/mol. The van der Waals surface area contributed by atoms with Gasteiger partial charge in [0.25, 0.3) is 0 Å². The van der Waals surface area contributed by atoms with E-state index in [1.165, 1.54) is 25.7 Å². The summed E-state index contributed by atoms with van der Waals surface area (Å²) in [6.07, 6.45) is 8.71. The van der Waals surface area contributed by atoms with Crippen LogP contribution in [0.4, 0.5) is 0 Å². The van der Waals surface area contributed by atoms with Crippen LogP contribution in [0.15, 0.2) is 0 Å². The molecule has 0 radical (unpaired) electrons. The highest BCUT2D eigenvalue weighted by atomic mass is 16.3. The Balaban J connectivity index is 1.78. The molecule has 16 heavy (non-hydrogen) atoms. The van der Waals surface area contributed by atoms with Gasteiger partial charge in [-0.25, -0.2) is 0 Å². The number of hydrogen-bond donors (Lipinski definition) is 1. The fourth-order valence-corrected chi connectivity index (χ4v) is 4.19. The van der Waals surface area contributed by atoms with Crippen molar-refractivity contribution in [3.05, 3.63) is 0 Å². The molecule has 0 aromatic carbocycles. The van der Waals surface area contributed by atoms with E-state index < -0.39 is 0 Å². The van der Waals surface area contributed by atoms with E-state index in [0.717, 1.165) is 37.0 Å². The van der Waals surface area contributed by atoms with Gasteiger partial charge in [-0.1, -0.05) is 27.2 Å². The Hall–Kier alpha value is -0.0400. The summed E-state index contributed by atoms with van der Waals surface area (Å²) in [6, 6.07) is 0. The van der Waals surface area contributed by atoms with Gasteiger partial charge < -0.3 is 5.11 Å². The first-order valence-corrected chi connectivity index (χ1v) is 7.23. The molecular formula is C15H28O. The van der Waals surface area contributed by atoms with E-state index in [2.05, 4.69) is 20.8 Å². The summed E-state index contributed by atoms with van der Waals surface area (Å²) < 4.78 is 0. The molecule has 3 aliphatic rings. The number of aliphatic hydroxyl groups excluding tert-OH is 1. The van der Waals surface area contributed by atoms with Crippen LogP contribution >= 0.6 is 0 Å². The van der Waals surface area contributed by atoms with E-state index in [1.54, 1.807) is 0 Å². The second kappa shape index (κ2) is 4.68. The third-order valence-corrected chi connectivity index (χ3v) is 5.49. The van der Waals surface area contributed by atoms with E-state index in [9.17, 15) is 5.11 Å². The van der Waals surface area contributed by atoms with Gasteiger partial charge in [-0.05, 0) is 61.7 Å². The van der Waals surface area contributed by atoms with Crippen LogP contribution in [0.3, 0.4) is 0 Å². The van der Waals surface area contributed by atoms with Crippen LogP contribution in [0.1, 0.15) is 65.7 Å². The Labute approximate surface area is 101 Å². The quantitative estimate of drug-likeness (QED) is 0.748. The van der Waals surface area contributed by atoms with Crippen molar-refractivity contribution in [1.82, 2.24) is 0 Å². The van der Waals surface area contributed by atoms with Gasteiger partial charge in [0.05, 0.1) is 6.10 Å². The normalized spacial score (nSPS) is 37.9. The molecule has 0 unspecified atom stereocenters. The van der Waals surface area contributed by atoms with Crippen LogP contribution in [-0.2, 0) is 0 Å². The van der Waals surface area contributed by atoms with Gasteiger partial charge in [-0.2, -0.15) is 0 Å². The lowest BCUT2D eigenvalue weighted by molar-refractivity contribution is -0.109.